The first-order valence-corrected chi connectivity index (χ1v) is 6.66. The molecule has 1 aromatic carbocycles. The molecule has 0 unspecified atom stereocenters. The number of benzene rings is 1. The molecular formula is C14H10BrN3O2. The van der Waals surface area contributed by atoms with Gasteiger partial charge in [0.05, 0.1) is 23.3 Å². The molecule has 0 atom stereocenters. The molecule has 2 aromatic heterocycles. The van der Waals surface area contributed by atoms with Crippen molar-refractivity contribution in [2.24, 2.45) is 0 Å². The van der Waals surface area contributed by atoms with Crippen molar-refractivity contribution in [3.05, 3.63) is 52.9 Å². The number of halogens is 1. The second-order valence-electron chi connectivity index (χ2n) is 4.17. The minimum atomic E-state index is -0.349. The molecule has 0 aliphatic rings. The van der Waals surface area contributed by atoms with Gasteiger partial charge in [-0.15, -0.1) is 0 Å². The molecule has 0 aliphatic heterocycles. The maximum atomic E-state index is 11.4. The molecule has 0 fully saturated rings. The van der Waals surface area contributed by atoms with Crippen molar-refractivity contribution < 1.29 is 9.53 Å². The Balaban J connectivity index is 2.05. The number of carbonyl (C=O) groups is 1. The van der Waals surface area contributed by atoms with Crippen molar-refractivity contribution in [1.29, 1.82) is 0 Å². The molecule has 0 N–H and O–H groups in total. The summed E-state index contributed by atoms with van der Waals surface area (Å²) in [4.78, 5) is 15.8. The van der Waals surface area contributed by atoms with Gasteiger partial charge in [-0.25, -0.2) is 14.3 Å². The standard InChI is InChI=1S/C14H10BrN3O2/c1-20-14(19)10-4-2-9(3-5-10)12-7-17-18-8-11(15)6-16-13(12)18/h2-8H,1H3. The van der Waals surface area contributed by atoms with Gasteiger partial charge in [0.15, 0.2) is 5.65 Å². The van der Waals surface area contributed by atoms with E-state index in [0.29, 0.717) is 5.56 Å². The summed E-state index contributed by atoms with van der Waals surface area (Å²) >= 11 is 3.36. The minimum Gasteiger partial charge on any atom is -0.465 e. The molecule has 0 saturated heterocycles. The number of carbonyl (C=O) groups excluding carboxylic acids is 1. The smallest absolute Gasteiger partial charge is 0.337 e. The normalized spacial score (nSPS) is 10.7. The molecule has 2 heterocycles. The molecule has 3 aromatic rings. The molecule has 0 amide bonds. The second kappa shape index (κ2) is 5.05. The molecule has 100 valence electrons. The highest BCUT2D eigenvalue weighted by Crippen LogP contribution is 2.24. The van der Waals surface area contributed by atoms with Crippen LogP contribution in [-0.2, 0) is 4.74 Å². The highest BCUT2D eigenvalue weighted by atomic mass is 79.9. The van der Waals surface area contributed by atoms with Gasteiger partial charge in [0.1, 0.15) is 0 Å². The summed E-state index contributed by atoms with van der Waals surface area (Å²) in [7, 11) is 1.36. The van der Waals surface area contributed by atoms with Gasteiger partial charge in [-0.1, -0.05) is 12.1 Å². The number of methoxy groups -OCH3 is 1. The topological polar surface area (TPSA) is 56.5 Å². The van der Waals surface area contributed by atoms with E-state index < -0.39 is 0 Å². The van der Waals surface area contributed by atoms with E-state index in [0.717, 1.165) is 21.2 Å². The van der Waals surface area contributed by atoms with E-state index in [9.17, 15) is 4.79 Å². The maximum absolute atomic E-state index is 11.4. The summed E-state index contributed by atoms with van der Waals surface area (Å²) in [5.41, 5.74) is 3.14. The first-order chi connectivity index (χ1) is 9.69. The first kappa shape index (κ1) is 12.8. The van der Waals surface area contributed by atoms with Gasteiger partial charge in [0, 0.05) is 18.0 Å². The zero-order valence-corrected chi connectivity index (χ0v) is 12.2. The van der Waals surface area contributed by atoms with Gasteiger partial charge in [0.2, 0.25) is 0 Å². The molecular weight excluding hydrogens is 322 g/mol. The van der Waals surface area contributed by atoms with Crippen LogP contribution >= 0.6 is 15.9 Å². The van der Waals surface area contributed by atoms with E-state index >= 15 is 0 Å². The Morgan fingerprint density at radius 2 is 2.00 bits per heavy atom. The number of hydrogen-bond donors (Lipinski definition) is 0. The Morgan fingerprint density at radius 1 is 1.25 bits per heavy atom. The van der Waals surface area contributed by atoms with E-state index in [2.05, 4.69) is 30.7 Å². The summed E-state index contributed by atoms with van der Waals surface area (Å²) in [5, 5.41) is 4.26. The van der Waals surface area contributed by atoms with Crippen molar-refractivity contribution in [3.63, 3.8) is 0 Å². The summed E-state index contributed by atoms with van der Waals surface area (Å²) in [6.45, 7) is 0. The highest BCUT2D eigenvalue weighted by molar-refractivity contribution is 9.10. The van der Waals surface area contributed by atoms with Crippen LogP contribution in [0.3, 0.4) is 0 Å². The Hall–Kier alpha value is -2.21. The Bertz CT molecular complexity index is 781. The minimum absolute atomic E-state index is 0.349. The first-order valence-electron chi connectivity index (χ1n) is 5.86. The third-order valence-corrected chi connectivity index (χ3v) is 3.35. The van der Waals surface area contributed by atoms with E-state index in [4.69, 9.17) is 0 Å². The molecule has 0 bridgehead atoms. The van der Waals surface area contributed by atoms with Crippen LogP contribution in [0.25, 0.3) is 16.8 Å². The van der Waals surface area contributed by atoms with Crippen molar-refractivity contribution in [2.45, 2.75) is 0 Å². The molecule has 6 heteroatoms. The van der Waals surface area contributed by atoms with Crippen molar-refractivity contribution in [3.8, 4) is 11.1 Å². The third-order valence-electron chi connectivity index (χ3n) is 2.94. The second-order valence-corrected chi connectivity index (χ2v) is 5.08. The van der Waals surface area contributed by atoms with Gasteiger partial charge < -0.3 is 4.74 Å². The quantitative estimate of drug-likeness (QED) is 0.677. The summed E-state index contributed by atoms with van der Waals surface area (Å²) in [5.74, 6) is -0.349. The van der Waals surface area contributed by atoms with Crippen molar-refractivity contribution >= 4 is 27.5 Å². The lowest BCUT2D eigenvalue weighted by Crippen LogP contribution is -2.00. The number of nitrogens with zero attached hydrogens (tertiary/aromatic N) is 3. The van der Waals surface area contributed by atoms with Gasteiger partial charge in [-0.05, 0) is 33.6 Å². The number of hydrogen-bond acceptors (Lipinski definition) is 4. The summed E-state index contributed by atoms with van der Waals surface area (Å²) in [6, 6.07) is 7.16. The van der Waals surface area contributed by atoms with Crippen LogP contribution in [0.2, 0.25) is 0 Å². The van der Waals surface area contributed by atoms with Gasteiger partial charge in [-0.3, -0.25) is 0 Å². The molecule has 20 heavy (non-hydrogen) atoms. The maximum Gasteiger partial charge on any atom is 0.337 e. The molecule has 5 nitrogen and oxygen atoms in total. The summed E-state index contributed by atoms with van der Waals surface area (Å²) in [6.07, 6.45) is 5.32. The van der Waals surface area contributed by atoms with Gasteiger partial charge >= 0.3 is 5.97 Å². The van der Waals surface area contributed by atoms with E-state index in [1.54, 1.807) is 29.0 Å². The van der Waals surface area contributed by atoms with Crippen LogP contribution in [0.15, 0.2) is 47.3 Å². The number of fused-ring (bicyclic) bond motifs is 1. The van der Waals surface area contributed by atoms with Crippen LogP contribution in [0.4, 0.5) is 0 Å². The Kier molecular flexibility index (Phi) is 3.23. The van der Waals surface area contributed by atoms with Crippen LogP contribution in [-0.4, -0.2) is 27.7 Å². The van der Waals surface area contributed by atoms with Crippen LogP contribution in [0.1, 0.15) is 10.4 Å². The largest absolute Gasteiger partial charge is 0.465 e. The van der Waals surface area contributed by atoms with Crippen LogP contribution in [0, 0.1) is 0 Å². The molecule has 3 rings (SSSR count). The lowest BCUT2D eigenvalue weighted by atomic mass is 10.1. The van der Waals surface area contributed by atoms with Crippen LogP contribution in [0.5, 0.6) is 0 Å². The average Bonchev–Trinajstić information content (AvgIpc) is 2.89. The molecule has 0 spiro atoms. The SMILES string of the molecule is COC(=O)c1ccc(-c2cnn3cc(Br)cnc23)cc1. The fraction of sp³-hybridized carbons (Fsp3) is 0.0714. The van der Waals surface area contributed by atoms with Crippen molar-refractivity contribution in [1.82, 2.24) is 14.6 Å². The van der Waals surface area contributed by atoms with E-state index in [1.807, 2.05) is 18.3 Å². The summed E-state index contributed by atoms with van der Waals surface area (Å²) < 4.78 is 7.24. The number of esters is 1. The van der Waals surface area contributed by atoms with E-state index in [-0.39, 0.29) is 5.97 Å². The van der Waals surface area contributed by atoms with Crippen LogP contribution < -0.4 is 0 Å². The predicted octanol–water partition coefficient (Wildman–Crippen LogP) is 2.95. The monoisotopic (exact) mass is 331 g/mol. The molecule has 0 radical (unpaired) electrons. The predicted molar refractivity (Wildman–Crippen MR) is 77.5 cm³/mol. The Labute approximate surface area is 123 Å². The fourth-order valence-corrected chi connectivity index (χ4v) is 2.26. The fourth-order valence-electron chi connectivity index (χ4n) is 1.96. The number of ether oxygens (including phenoxy) is 1. The molecule has 0 aliphatic carbocycles. The highest BCUT2D eigenvalue weighted by Gasteiger charge is 2.10. The number of rotatable bonds is 2. The zero-order chi connectivity index (χ0) is 14.1. The van der Waals surface area contributed by atoms with Gasteiger partial charge in [-0.2, -0.15) is 5.10 Å². The van der Waals surface area contributed by atoms with Gasteiger partial charge in [0.25, 0.3) is 0 Å². The molecule has 0 saturated carbocycles. The number of aromatic nitrogens is 3. The lowest BCUT2D eigenvalue weighted by Gasteiger charge is -2.02. The van der Waals surface area contributed by atoms with E-state index in [1.165, 1.54) is 7.11 Å². The average molecular weight is 332 g/mol. The zero-order valence-electron chi connectivity index (χ0n) is 10.6. The Morgan fingerprint density at radius 3 is 2.70 bits per heavy atom. The third kappa shape index (κ3) is 2.18. The lowest BCUT2D eigenvalue weighted by molar-refractivity contribution is 0.0601. The van der Waals surface area contributed by atoms with Crippen molar-refractivity contribution in [2.75, 3.05) is 7.11 Å².